The summed E-state index contributed by atoms with van der Waals surface area (Å²) in [6.07, 6.45) is 2.71. The summed E-state index contributed by atoms with van der Waals surface area (Å²) in [7, 11) is 0. The highest BCUT2D eigenvalue weighted by Gasteiger charge is 2.20. The standard InChI is InChI=1S/C9H16O4S/c1-3-4-5-8(10)13-7(6-14-2)9(11)12/h7H,3-6H2,1-2H3,(H,11,12). The third-order valence-corrected chi connectivity index (χ3v) is 2.24. The third-order valence-electron chi connectivity index (χ3n) is 1.60. The van der Waals surface area contributed by atoms with Crippen molar-refractivity contribution in [2.24, 2.45) is 0 Å². The van der Waals surface area contributed by atoms with Gasteiger partial charge in [-0.1, -0.05) is 13.3 Å². The van der Waals surface area contributed by atoms with Crippen LogP contribution in [0.4, 0.5) is 0 Å². The van der Waals surface area contributed by atoms with E-state index in [1.54, 1.807) is 6.26 Å². The van der Waals surface area contributed by atoms with Crippen molar-refractivity contribution in [2.75, 3.05) is 12.0 Å². The van der Waals surface area contributed by atoms with Gasteiger partial charge in [-0.2, -0.15) is 11.8 Å². The lowest BCUT2D eigenvalue weighted by Gasteiger charge is -2.11. The number of ether oxygens (including phenoxy) is 1. The molecule has 0 aromatic rings. The van der Waals surface area contributed by atoms with Gasteiger partial charge in [0.2, 0.25) is 6.10 Å². The van der Waals surface area contributed by atoms with Crippen LogP contribution in [0.25, 0.3) is 0 Å². The molecule has 0 heterocycles. The number of carbonyl (C=O) groups excluding carboxylic acids is 1. The van der Waals surface area contributed by atoms with Crippen LogP contribution in [0.15, 0.2) is 0 Å². The summed E-state index contributed by atoms with van der Waals surface area (Å²) in [5, 5.41) is 8.69. The molecule has 0 aromatic carbocycles. The van der Waals surface area contributed by atoms with Crippen molar-refractivity contribution in [1.82, 2.24) is 0 Å². The minimum absolute atomic E-state index is 0.299. The lowest BCUT2D eigenvalue weighted by Crippen LogP contribution is -2.29. The van der Waals surface area contributed by atoms with Crippen LogP contribution in [0.5, 0.6) is 0 Å². The Hall–Kier alpha value is -0.710. The number of thioether (sulfide) groups is 1. The number of unbranched alkanes of at least 4 members (excludes halogenated alkanes) is 1. The van der Waals surface area contributed by atoms with Crippen molar-refractivity contribution < 1.29 is 19.4 Å². The van der Waals surface area contributed by atoms with Crippen LogP contribution in [0.2, 0.25) is 0 Å². The molecule has 1 atom stereocenters. The molecule has 0 spiro atoms. The highest BCUT2D eigenvalue weighted by Crippen LogP contribution is 2.05. The summed E-state index contributed by atoms with van der Waals surface area (Å²) in [5.41, 5.74) is 0. The Kier molecular flexibility index (Phi) is 7.28. The van der Waals surface area contributed by atoms with Gasteiger partial charge in [0.15, 0.2) is 0 Å². The van der Waals surface area contributed by atoms with E-state index in [-0.39, 0.29) is 0 Å². The lowest BCUT2D eigenvalue weighted by molar-refractivity contribution is -0.162. The van der Waals surface area contributed by atoms with Crippen LogP contribution in [-0.4, -0.2) is 35.2 Å². The Balaban J connectivity index is 3.90. The number of esters is 1. The average Bonchev–Trinajstić information content (AvgIpc) is 2.14. The summed E-state index contributed by atoms with van der Waals surface area (Å²) in [6.45, 7) is 1.96. The minimum atomic E-state index is -1.08. The van der Waals surface area contributed by atoms with Crippen LogP contribution < -0.4 is 0 Å². The second kappa shape index (κ2) is 7.67. The van der Waals surface area contributed by atoms with Gasteiger partial charge in [0.05, 0.1) is 0 Å². The summed E-state index contributed by atoms with van der Waals surface area (Å²) in [6, 6.07) is 0. The number of aliphatic carboxylic acids is 1. The zero-order valence-corrected chi connectivity index (χ0v) is 9.30. The first-order chi connectivity index (χ1) is 6.61. The van der Waals surface area contributed by atoms with Gasteiger partial charge in [-0.15, -0.1) is 0 Å². The molecule has 0 saturated heterocycles. The molecule has 1 N–H and O–H groups in total. The average molecular weight is 220 g/mol. The molecule has 0 bridgehead atoms. The van der Waals surface area contributed by atoms with Crippen LogP contribution in [0, 0.1) is 0 Å². The van der Waals surface area contributed by atoms with Gasteiger partial charge in [-0.05, 0) is 12.7 Å². The zero-order valence-electron chi connectivity index (χ0n) is 8.49. The first kappa shape index (κ1) is 13.3. The predicted molar refractivity (Wildman–Crippen MR) is 55.4 cm³/mol. The first-order valence-corrected chi connectivity index (χ1v) is 5.92. The Labute approximate surface area is 88.0 Å². The summed E-state index contributed by atoms with van der Waals surface area (Å²) >= 11 is 1.35. The van der Waals surface area contributed by atoms with Gasteiger partial charge in [0, 0.05) is 12.2 Å². The smallest absolute Gasteiger partial charge is 0.345 e. The number of rotatable bonds is 7. The molecule has 14 heavy (non-hydrogen) atoms. The van der Waals surface area contributed by atoms with Crippen molar-refractivity contribution in [2.45, 2.75) is 32.3 Å². The quantitative estimate of drug-likeness (QED) is 0.659. The Morgan fingerprint density at radius 2 is 2.14 bits per heavy atom. The van der Waals surface area contributed by atoms with E-state index in [0.717, 1.165) is 12.8 Å². The molecule has 0 radical (unpaired) electrons. The molecule has 1 unspecified atom stereocenters. The number of carboxylic acid groups (broad SMARTS) is 1. The normalized spacial score (nSPS) is 12.1. The molecule has 82 valence electrons. The van der Waals surface area contributed by atoms with E-state index in [9.17, 15) is 9.59 Å². The maximum Gasteiger partial charge on any atom is 0.345 e. The Bertz CT molecular complexity index is 193. The number of hydrogen-bond donors (Lipinski definition) is 1. The third kappa shape index (κ3) is 5.85. The monoisotopic (exact) mass is 220 g/mol. The van der Waals surface area contributed by atoms with E-state index in [2.05, 4.69) is 0 Å². The van der Waals surface area contributed by atoms with Crippen molar-refractivity contribution in [1.29, 1.82) is 0 Å². The van der Waals surface area contributed by atoms with Crippen molar-refractivity contribution in [3.05, 3.63) is 0 Å². The van der Waals surface area contributed by atoms with E-state index in [1.165, 1.54) is 11.8 Å². The van der Waals surface area contributed by atoms with E-state index >= 15 is 0 Å². The van der Waals surface area contributed by atoms with Gasteiger partial charge in [-0.3, -0.25) is 4.79 Å². The van der Waals surface area contributed by atoms with Crippen molar-refractivity contribution in [3.8, 4) is 0 Å². The maximum atomic E-state index is 11.1. The summed E-state index contributed by atoms with van der Waals surface area (Å²) in [5.74, 6) is -1.20. The molecule has 0 aliphatic rings. The summed E-state index contributed by atoms with van der Waals surface area (Å²) in [4.78, 5) is 21.7. The molecule has 0 saturated carbocycles. The van der Waals surface area contributed by atoms with Gasteiger partial charge >= 0.3 is 11.9 Å². The number of carboxylic acids is 1. The number of carbonyl (C=O) groups is 2. The second-order valence-corrected chi connectivity index (χ2v) is 3.79. The highest BCUT2D eigenvalue weighted by molar-refractivity contribution is 7.98. The minimum Gasteiger partial charge on any atom is -0.478 e. The topological polar surface area (TPSA) is 63.6 Å². The Morgan fingerprint density at radius 1 is 1.50 bits per heavy atom. The van der Waals surface area contributed by atoms with E-state index < -0.39 is 18.0 Å². The molecule has 0 aromatic heterocycles. The van der Waals surface area contributed by atoms with Crippen molar-refractivity contribution >= 4 is 23.7 Å². The zero-order chi connectivity index (χ0) is 11.0. The fourth-order valence-electron chi connectivity index (χ4n) is 0.846. The van der Waals surface area contributed by atoms with E-state index in [4.69, 9.17) is 9.84 Å². The highest BCUT2D eigenvalue weighted by atomic mass is 32.2. The molecule has 5 heteroatoms. The van der Waals surface area contributed by atoms with Crippen LogP contribution in [0.3, 0.4) is 0 Å². The fourth-order valence-corrected chi connectivity index (χ4v) is 1.36. The van der Waals surface area contributed by atoms with Crippen LogP contribution in [0.1, 0.15) is 26.2 Å². The molecule has 0 rings (SSSR count). The molecular weight excluding hydrogens is 204 g/mol. The van der Waals surface area contributed by atoms with E-state index in [1.807, 2.05) is 6.92 Å². The molecule has 0 fully saturated rings. The Morgan fingerprint density at radius 3 is 2.57 bits per heavy atom. The fraction of sp³-hybridized carbons (Fsp3) is 0.778. The van der Waals surface area contributed by atoms with Gasteiger partial charge in [0.1, 0.15) is 0 Å². The van der Waals surface area contributed by atoms with Crippen LogP contribution >= 0.6 is 11.8 Å². The van der Waals surface area contributed by atoms with Gasteiger partial charge < -0.3 is 9.84 Å². The SMILES string of the molecule is CCCCC(=O)OC(CSC)C(=O)O. The molecule has 4 nitrogen and oxygen atoms in total. The molecule has 0 aliphatic carbocycles. The first-order valence-electron chi connectivity index (χ1n) is 4.53. The molecular formula is C9H16O4S. The molecule has 0 amide bonds. The van der Waals surface area contributed by atoms with E-state index in [0.29, 0.717) is 12.2 Å². The number of hydrogen-bond acceptors (Lipinski definition) is 4. The predicted octanol–water partition coefficient (Wildman–Crippen LogP) is 1.54. The maximum absolute atomic E-state index is 11.1. The lowest BCUT2D eigenvalue weighted by atomic mass is 10.2. The summed E-state index contributed by atoms with van der Waals surface area (Å²) < 4.78 is 4.80. The molecule has 0 aliphatic heterocycles. The largest absolute Gasteiger partial charge is 0.478 e. The van der Waals surface area contributed by atoms with Gasteiger partial charge in [-0.25, -0.2) is 4.79 Å². The second-order valence-electron chi connectivity index (χ2n) is 2.88. The van der Waals surface area contributed by atoms with Crippen LogP contribution in [-0.2, 0) is 14.3 Å². The van der Waals surface area contributed by atoms with Gasteiger partial charge in [0.25, 0.3) is 0 Å². The van der Waals surface area contributed by atoms with Crippen molar-refractivity contribution in [3.63, 3.8) is 0 Å².